The van der Waals surface area contributed by atoms with Crippen LogP contribution in [0.5, 0.6) is 0 Å². The molecule has 0 aliphatic carbocycles. The minimum absolute atomic E-state index is 0.0981. The van der Waals surface area contributed by atoms with E-state index in [2.05, 4.69) is 15.4 Å². The smallest absolute Gasteiger partial charge is 0.180 e. The molecule has 7 nitrogen and oxygen atoms in total. The standard InChI is InChI=1S/C16H16N4O3/c1-10(21)16-13-7-11(18-12-3-2-6-17-8-12)4-5-14(13)20(19-16)9-15(22)23/h2-8,15,18,22-23H,9H2,1H3. The second kappa shape index (κ2) is 6.15. The van der Waals surface area contributed by atoms with Gasteiger partial charge in [0.05, 0.1) is 23.9 Å². The number of ketones is 1. The Morgan fingerprint density at radius 1 is 1.30 bits per heavy atom. The molecular weight excluding hydrogens is 296 g/mol. The average molecular weight is 312 g/mol. The lowest BCUT2D eigenvalue weighted by Gasteiger charge is -2.07. The number of aliphatic hydroxyl groups is 2. The van der Waals surface area contributed by atoms with Crippen LogP contribution in [0.2, 0.25) is 0 Å². The highest BCUT2D eigenvalue weighted by molar-refractivity contribution is 6.05. The molecule has 0 aliphatic rings. The van der Waals surface area contributed by atoms with Gasteiger partial charge in [-0.3, -0.25) is 14.5 Å². The molecule has 0 fully saturated rings. The molecule has 0 amide bonds. The van der Waals surface area contributed by atoms with Crippen molar-refractivity contribution in [1.82, 2.24) is 14.8 Å². The van der Waals surface area contributed by atoms with E-state index in [9.17, 15) is 4.79 Å². The SMILES string of the molecule is CC(=O)c1nn(CC(O)O)c2ccc(Nc3cccnc3)cc12. The molecule has 1 aromatic carbocycles. The van der Waals surface area contributed by atoms with E-state index in [0.29, 0.717) is 16.6 Å². The maximum Gasteiger partial charge on any atom is 0.180 e. The second-order valence-corrected chi connectivity index (χ2v) is 5.17. The minimum atomic E-state index is -1.54. The van der Waals surface area contributed by atoms with Gasteiger partial charge in [0.1, 0.15) is 5.69 Å². The van der Waals surface area contributed by atoms with Gasteiger partial charge in [0.15, 0.2) is 12.1 Å². The van der Waals surface area contributed by atoms with Crippen molar-refractivity contribution in [2.24, 2.45) is 0 Å². The van der Waals surface area contributed by atoms with Crippen LogP contribution in [0.15, 0.2) is 42.7 Å². The third kappa shape index (κ3) is 3.20. The highest BCUT2D eigenvalue weighted by Crippen LogP contribution is 2.25. The molecule has 0 bridgehead atoms. The summed E-state index contributed by atoms with van der Waals surface area (Å²) in [5.41, 5.74) is 2.59. The quantitative estimate of drug-likeness (QED) is 0.489. The zero-order valence-corrected chi connectivity index (χ0v) is 12.5. The number of hydrogen-bond donors (Lipinski definition) is 3. The predicted molar refractivity (Wildman–Crippen MR) is 85.5 cm³/mol. The van der Waals surface area contributed by atoms with Gasteiger partial charge in [-0.25, -0.2) is 0 Å². The average Bonchev–Trinajstić information content (AvgIpc) is 2.86. The number of anilines is 2. The Balaban J connectivity index is 2.04. The van der Waals surface area contributed by atoms with Crippen molar-refractivity contribution < 1.29 is 15.0 Å². The maximum absolute atomic E-state index is 11.8. The molecular formula is C16H16N4O3. The van der Waals surface area contributed by atoms with Crippen molar-refractivity contribution >= 4 is 28.1 Å². The van der Waals surface area contributed by atoms with Gasteiger partial charge < -0.3 is 15.5 Å². The monoisotopic (exact) mass is 312 g/mol. The molecule has 0 saturated carbocycles. The van der Waals surface area contributed by atoms with Crippen LogP contribution in [0.25, 0.3) is 10.9 Å². The fourth-order valence-corrected chi connectivity index (χ4v) is 2.41. The van der Waals surface area contributed by atoms with E-state index in [1.165, 1.54) is 11.6 Å². The van der Waals surface area contributed by atoms with Gasteiger partial charge in [0.2, 0.25) is 0 Å². The summed E-state index contributed by atoms with van der Waals surface area (Å²) in [4.78, 5) is 15.8. The molecule has 23 heavy (non-hydrogen) atoms. The Hall–Kier alpha value is -2.77. The fourth-order valence-electron chi connectivity index (χ4n) is 2.41. The Bertz CT molecular complexity index is 843. The summed E-state index contributed by atoms with van der Waals surface area (Å²) in [6, 6.07) is 9.14. The van der Waals surface area contributed by atoms with E-state index in [0.717, 1.165) is 11.4 Å². The van der Waals surface area contributed by atoms with E-state index in [-0.39, 0.29) is 12.3 Å². The van der Waals surface area contributed by atoms with Crippen LogP contribution < -0.4 is 5.32 Å². The van der Waals surface area contributed by atoms with Crippen molar-refractivity contribution in [1.29, 1.82) is 0 Å². The second-order valence-electron chi connectivity index (χ2n) is 5.17. The molecule has 0 spiro atoms. The normalized spacial score (nSPS) is 11.1. The Morgan fingerprint density at radius 3 is 2.78 bits per heavy atom. The Morgan fingerprint density at radius 2 is 2.13 bits per heavy atom. The molecule has 3 N–H and O–H groups in total. The highest BCUT2D eigenvalue weighted by Gasteiger charge is 2.16. The molecule has 2 heterocycles. The van der Waals surface area contributed by atoms with E-state index in [4.69, 9.17) is 10.2 Å². The first kappa shape index (κ1) is 15.1. The fraction of sp³-hybridized carbons (Fsp3) is 0.188. The highest BCUT2D eigenvalue weighted by atomic mass is 16.5. The molecule has 3 rings (SSSR count). The van der Waals surface area contributed by atoms with Crippen molar-refractivity contribution in [3.05, 3.63) is 48.4 Å². The number of nitrogens with zero attached hydrogens (tertiary/aromatic N) is 3. The Labute approximate surface area is 132 Å². The van der Waals surface area contributed by atoms with Crippen molar-refractivity contribution in [2.75, 3.05) is 5.32 Å². The molecule has 118 valence electrons. The number of pyridine rings is 1. The number of aliphatic hydroxyl groups excluding tert-OH is 1. The minimum Gasteiger partial charge on any atom is -0.367 e. The van der Waals surface area contributed by atoms with Crippen LogP contribution >= 0.6 is 0 Å². The predicted octanol–water partition coefficient (Wildman–Crippen LogP) is 1.69. The zero-order valence-electron chi connectivity index (χ0n) is 12.5. The van der Waals surface area contributed by atoms with Crippen LogP contribution in [-0.2, 0) is 6.54 Å². The summed E-state index contributed by atoms with van der Waals surface area (Å²) in [5, 5.41) is 26.4. The lowest BCUT2D eigenvalue weighted by molar-refractivity contribution is -0.0527. The zero-order chi connectivity index (χ0) is 16.4. The van der Waals surface area contributed by atoms with Gasteiger partial charge in [0.25, 0.3) is 0 Å². The number of aromatic nitrogens is 3. The topological polar surface area (TPSA) is 100 Å². The van der Waals surface area contributed by atoms with E-state index in [1.54, 1.807) is 18.5 Å². The molecule has 2 aromatic heterocycles. The lowest BCUT2D eigenvalue weighted by Crippen LogP contribution is -2.16. The van der Waals surface area contributed by atoms with Gasteiger partial charge in [-0.15, -0.1) is 0 Å². The number of nitrogens with one attached hydrogen (secondary N) is 1. The first-order valence-electron chi connectivity index (χ1n) is 7.09. The van der Waals surface area contributed by atoms with E-state index in [1.807, 2.05) is 24.3 Å². The number of fused-ring (bicyclic) bond motifs is 1. The maximum atomic E-state index is 11.8. The summed E-state index contributed by atoms with van der Waals surface area (Å²) in [7, 11) is 0. The number of hydrogen-bond acceptors (Lipinski definition) is 6. The molecule has 0 atom stereocenters. The number of carbonyl (C=O) groups excluding carboxylic acids is 1. The van der Waals surface area contributed by atoms with Gasteiger partial charge in [-0.1, -0.05) is 0 Å². The molecule has 0 radical (unpaired) electrons. The Kier molecular flexibility index (Phi) is 4.05. The molecule has 7 heteroatoms. The summed E-state index contributed by atoms with van der Waals surface area (Å²) < 4.78 is 1.42. The van der Waals surface area contributed by atoms with E-state index < -0.39 is 6.29 Å². The molecule has 0 unspecified atom stereocenters. The van der Waals surface area contributed by atoms with Gasteiger partial charge in [-0.2, -0.15) is 5.10 Å². The van der Waals surface area contributed by atoms with E-state index >= 15 is 0 Å². The molecule has 0 aliphatic heterocycles. The summed E-state index contributed by atoms with van der Waals surface area (Å²) in [6.45, 7) is 1.34. The van der Waals surface area contributed by atoms with Gasteiger partial charge in [-0.05, 0) is 30.3 Å². The third-order valence-corrected chi connectivity index (χ3v) is 3.37. The number of benzene rings is 1. The molecule has 3 aromatic rings. The van der Waals surface area contributed by atoms with Crippen LogP contribution in [0, 0.1) is 0 Å². The van der Waals surface area contributed by atoms with Gasteiger partial charge in [0, 0.05) is 24.2 Å². The summed E-state index contributed by atoms with van der Waals surface area (Å²) in [6.07, 6.45) is 1.85. The number of rotatable bonds is 5. The third-order valence-electron chi connectivity index (χ3n) is 3.37. The van der Waals surface area contributed by atoms with Crippen molar-refractivity contribution in [2.45, 2.75) is 19.8 Å². The first-order valence-corrected chi connectivity index (χ1v) is 7.09. The molecule has 0 saturated heterocycles. The number of carbonyl (C=O) groups is 1. The van der Waals surface area contributed by atoms with Crippen LogP contribution in [-0.4, -0.2) is 37.1 Å². The van der Waals surface area contributed by atoms with Crippen LogP contribution in [0.4, 0.5) is 11.4 Å². The lowest BCUT2D eigenvalue weighted by atomic mass is 10.1. The summed E-state index contributed by atoms with van der Waals surface area (Å²) in [5.74, 6) is -0.181. The number of Topliss-reactive ketones (excluding diaryl/α,β-unsaturated/α-hetero) is 1. The van der Waals surface area contributed by atoms with Crippen LogP contribution in [0.3, 0.4) is 0 Å². The summed E-state index contributed by atoms with van der Waals surface area (Å²) >= 11 is 0. The van der Waals surface area contributed by atoms with Gasteiger partial charge >= 0.3 is 0 Å². The van der Waals surface area contributed by atoms with Crippen molar-refractivity contribution in [3.8, 4) is 0 Å². The van der Waals surface area contributed by atoms with Crippen LogP contribution in [0.1, 0.15) is 17.4 Å². The largest absolute Gasteiger partial charge is 0.367 e. The van der Waals surface area contributed by atoms with Crippen molar-refractivity contribution in [3.63, 3.8) is 0 Å². The first-order chi connectivity index (χ1) is 11.0.